The average Bonchev–Trinajstić information content (AvgIpc) is 3.13. The second-order valence-electron chi connectivity index (χ2n) is 8.20. The van der Waals surface area contributed by atoms with E-state index in [9.17, 15) is 14.7 Å². The van der Waals surface area contributed by atoms with Crippen molar-refractivity contribution >= 4 is 16.5 Å². The summed E-state index contributed by atoms with van der Waals surface area (Å²) in [6.07, 6.45) is 3.69. The summed E-state index contributed by atoms with van der Waals surface area (Å²) in [6, 6.07) is 12.9. The molecule has 0 amide bonds. The quantitative estimate of drug-likeness (QED) is 0.441. The van der Waals surface area contributed by atoms with Crippen molar-refractivity contribution in [3.05, 3.63) is 91.6 Å². The molecule has 0 bridgehead atoms. The Morgan fingerprint density at radius 3 is 2.48 bits per heavy atom. The van der Waals surface area contributed by atoms with Gasteiger partial charge in [0.2, 0.25) is 0 Å². The predicted molar refractivity (Wildman–Crippen MR) is 118 cm³/mol. The Morgan fingerprint density at radius 2 is 1.71 bits per heavy atom. The fraction of sp³-hybridized carbons (Fsp3) is 0.208. The van der Waals surface area contributed by atoms with Crippen molar-refractivity contribution < 1.29 is 5.11 Å². The molecule has 7 nitrogen and oxygen atoms in total. The van der Waals surface area contributed by atoms with E-state index >= 15 is 0 Å². The lowest BCUT2D eigenvalue weighted by atomic mass is 9.90. The lowest BCUT2D eigenvalue weighted by Crippen LogP contribution is -2.36. The fourth-order valence-corrected chi connectivity index (χ4v) is 5.04. The number of aromatic nitrogens is 3. The summed E-state index contributed by atoms with van der Waals surface area (Å²) in [4.78, 5) is 32.0. The minimum Gasteiger partial charge on any atom is -0.508 e. The van der Waals surface area contributed by atoms with E-state index in [1.54, 1.807) is 42.5 Å². The van der Waals surface area contributed by atoms with Crippen LogP contribution in [0.2, 0.25) is 0 Å². The van der Waals surface area contributed by atoms with Gasteiger partial charge in [0.1, 0.15) is 11.8 Å². The van der Waals surface area contributed by atoms with E-state index in [-0.39, 0.29) is 16.9 Å². The summed E-state index contributed by atoms with van der Waals surface area (Å²) in [7, 11) is 0. The van der Waals surface area contributed by atoms with Gasteiger partial charge in [-0.2, -0.15) is 4.68 Å². The second-order valence-corrected chi connectivity index (χ2v) is 8.20. The predicted octanol–water partition coefficient (Wildman–Crippen LogP) is 2.67. The number of benzene rings is 2. The van der Waals surface area contributed by atoms with E-state index < -0.39 is 6.04 Å². The number of rotatable bonds is 1. The number of fused-ring (bicyclic) bond motifs is 5. The van der Waals surface area contributed by atoms with Gasteiger partial charge >= 0.3 is 0 Å². The van der Waals surface area contributed by atoms with Crippen LogP contribution in [0, 0.1) is 0 Å². The maximum atomic E-state index is 13.6. The van der Waals surface area contributed by atoms with Gasteiger partial charge in [0.25, 0.3) is 11.1 Å². The average molecular weight is 412 g/mol. The van der Waals surface area contributed by atoms with Gasteiger partial charge in [-0.15, -0.1) is 0 Å². The highest BCUT2D eigenvalue weighted by molar-refractivity contribution is 5.81. The number of phenolic OH excluding ortho intramolecular Hbond substituents is 1. The zero-order valence-electron chi connectivity index (χ0n) is 16.7. The van der Waals surface area contributed by atoms with E-state index in [0.717, 1.165) is 36.9 Å². The normalized spacial score (nSPS) is 16.7. The van der Waals surface area contributed by atoms with Crippen molar-refractivity contribution in [2.24, 2.45) is 0 Å². The van der Waals surface area contributed by atoms with Gasteiger partial charge in [-0.25, -0.2) is 9.67 Å². The van der Waals surface area contributed by atoms with Gasteiger partial charge in [-0.05, 0) is 61.1 Å². The van der Waals surface area contributed by atoms with E-state index in [1.807, 2.05) is 6.07 Å². The first kappa shape index (κ1) is 17.9. The maximum Gasteiger partial charge on any atom is 0.279 e. The zero-order valence-corrected chi connectivity index (χ0v) is 16.7. The van der Waals surface area contributed by atoms with Crippen LogP contribution in [-0.4, -0.2) is 19.5 Å². The number of hydrogen-bond donors (Lipinski definition) is 2. The summed E-state index contributed by atoms with van der Waals surface area (Å²) in [5.41, 5.74) is 9.92. The molecule has 2 aromatic heterocycles. The van der Waals surface area contributed by atoms with Crippen LogP contribution in [0.1, 0.15) is 41.3 Å². The van der Waals surface area contributed by atoms with Crippen LogP contribution in [0.25, 0.3) is 16.6 Å². The van der Waals surface area contributed by atoms with Crippen LogP contribution < -0.4 is 16.9 Å². The number of nitrogens with two attached hydrogens (primary N) is 1. The van der Waals surface area contributed by atoms with Gasteiger partial charge < -0.3 is 10.8 Å². The molecule has 154 valence electrons. The molecule has 2 aromatic carbocycles. The highest BCUT2D eigenvalue weighted by atomic mass is 16.3. The lowest BCUT2D eigenvalue weighted by Gasteiger charge is -2.21. The number of pyridine rings is 1. The van der Waals surface area contributed by atoms with Gasteiger partial charge in [0.15, 0.2) is 5.82 Å². The minimum atomic E-state index is -0.647. The zero-order chi connectivity index (χ0) is 21.3. The summed E-state index contributed by atoms with van der Waals surface area (Å²) in [6.45, 7) is 0. The SMILES string of the molecule is Nc1c2c(nc3c1C(c1cccc(O)c1)n1c(=O)c4ccccc4c(=O)n1-3)CCCC2. The first-order valence-electron chi connectivity index (χ1n) is 10.4. The number of nitrogens with zero attached hydrogens (tertiary/aromatic N) is 3. The number of anilines is 1. The topological polar surface area (TPSA) is 103 Å². The molecule has 1 aliphatic heterocycles. The van der Waals surface area contributed by atoms with Crippen molar-refractivity contribution in [1.29, 1.82) is 0 Å². The molecular formula is C24H20N4O3. The van der Waals surface area contributed by atoms with E-state index in [1.165, 1.54) is 9.36 Å². The van der Waals surface area contributed by atoms with Crippen LogP contribution in [-0.2, 0) is 12.8 Å². The molecule has 0 saturated heterocycles. The third-order valence-electron chi connectivity index (χ3n) is 6.44. The third-order valence-corrected chi connectivity index (χ3v) is 6.44. The van der Waals surface area contributed by atoms with Crippen LogP contribution >= 0.6 is 0 Å². The smallest absolute Gasteiger partial charge is 0.279 e. The van der Waals surface area contributed by atoms with Gasteiger partial charge in [0.05, 0.1) is 10.8 Å². The molecule has 1 atom stereocenters. The molecule has 3 N–H and O–H groups in total. The molecule has 4 aromatic rings. The number of nitrogen functional groups attached to an aromatic ring is 1. The van der Waals surface area contributed by atoms with E-state index in [0.29, 0.717) is 33.4 Å². The highest BCUT2D eigenvalue weighted by Gasteiger charge is 2.38. The Balaban J connectivity index is 1.80. The molecule has 0 saturated carbocycles. The Bertz CT molecular complexity index is 1520. The summed E-state index contributed by atoms with van der Waals surface area (Å²) in [5, 5.41) is 10.8. The van der Waals surface area contributed by atoms with Gasteiger partial charge in [0, 0.05) is 16.9 Å². The molecular weight excluding hydrogens is 392 g/mol. The molecule has 7 heteroatoms. The van der Waals surface area contributed by atoms with Crippen molar-refractivity contribution in [2.75, 3.05) is 5.73 Å². The monoisotopic (exact) mass is 412 g/mol. The van der Waals surface area contributed by atoms with Crippen molar-refractivity contribution in [3.63, 3.8) is 0 Å². The van der Waals surface area contributed by atoms with Crippen molar-refractivity contribution in [3.8, 4) is 11.6 Å². The van der Waals surface area contributed by atoms with Crippen LogP contribution in [0.3, 0.4) is 0 Å². The summed E-state index contributed by atoms with van der Waals surface area (Å²) >= 11 is 0. The van der Waals surface area contributed by atoms with Crippen molar-refractivity contribution in [2.45, 2.75) is 31.7 Å². The molecule has 0 spiro atoms. The lowest BCUT2D eigenvalue weighted by molar-refractivity contribution is 0.472. The first-order valence-corrected chi connectivity index (χ1v) is 10.4. The molecule has 31 heavy (non-hydrogen) atoms. The van der Waals surface area contributed by atoms with Gasteiger partial charge in [-0.1, -0.05) is 24.3 Å². The summed E-state index contributed by atoms with van der Waals surface area (Å²) < 4.78 is 2.82. The van der Waals surface area contributed by atoms with Crippen LogP contribution in [0.5, 0.6) is 5.75 Å². The number of hydrogen-bond acceptors (Lipinski definition) is 5. The Labute approximate surface area is 177 Å². The molecule has 1 aliphatic carbocycles. The number of aryl methyl sites for hydroxylation is 1. The molecule has 1 unspecified atom stereocenters. The minimum absolute atomic E-state index is 0.0816. The Kier molecular flexibility index (Phi) is 3.65. The highest BCUT2D eigenvalue weighted by Crippen LogP contribution is 2.42. The van der Waals surface area contributed by atoms with Crippen LogP contribution in [0.4, 0.5) is 5.69 Å². The fourth-order valence-electron chi connectivity index (χ4n) is 5.04. The molecule has 2 aliphatic rings. The van der Waals surface area contributed by atoms with E-state index in [4.69, 9.17) is 10.7 Å². The van der Waals surface area contributed by atoms with Crippen LogP contribution in [0.15, 0.2) is 58.1 Å². The molecule has 0 radical (unpaired) electrons. The number of phenols is 1. The Morgan fingerprint density at radius 1 is 0.968 bits per heavy atom. The largest absolute Gasteiger partial charge is 0.508 e. The second kappa shape index (κ2) is 6.31. The molecule has 0 fully saturated rings. The maximum absolute atomic E-state index is 13.6. The third kappa shape index (κ3) is 2.37. The Hall–Kier alpha value is -3.87. The van der Waals surface area contributed by atoms with E-state index in [2.05, 4.69) is 0 Å². The molecule has 3 heterocycles. The first-order chi connectivity index (χ1) is 15.1. The van der Waals surface area contributed by atoms with Crippen molar-refractivity contribution in [1.82, 2.24) is 14.3 Å². The standard InChI is InChI=1S/C24H20N4O3/c25-20-17-10-3-4-11-18(17)26-22-19(20)21(13-6-5-7-14(29)12-13)27-23(30)15-8-1-2-9-16(15)24(31)28(22)27/h1-2,5-9,12,21,29H,3-4,10-11H2,(H2,25,26). The molecule has 6 rings (SSSR count). The van der Waals surface area contributed by atoms with Gasteiger partial charge in [-0.3, -0.25) is 9.59 Å². The number of aromatic hydroxyl groups is 1. The summed E-state index contributed by atoms with van der Waals surface area (Å²) in [5.74, 6) is 0.498.